The minimum atomic E-state index is -0.583. The third-order valence-electron chi connectivity index (χ3n) is 3.39. The van der Waals surface area contributed by atoms with Gasteiger partial charge < -0.3 is 15.2 Å². The summed E-state index contributed by atoms with van der Waals surface area (Å²) in [5, 5.41) is 13.9. The van der Waals surface area contributed by atoms with Gasteiger partial charge in [-0.2, -0.15) is 0 Å². The Balaban J connectivity index is 1.80. The molecule has 21 heavy (non-hydrogen) atoms. The summed E-state index contributed by atoms with van der Waals surface area (Å²) in [7, 11) is 0. The smallest absolute Gasteiger partial charge is 0.119 e. The summed E-state index contributed by atoms with van der Waals surface area (Å²) in [4.78, 5) is 0. The molecule has 4 heteroatoms. The molecule has 0 heterocycles. The van der Waals surface area contributed by atoms with E-state index in [4.69, 9.17) is 16.3 Å². The van der Waals surface area contributed by atoms with Crippen molar-refractivity contribution in [1.29, 1.82) is 0 Å². The average molecular weight is 306 g/mol. The minimum absolute atomic E-state index is 0.236. The number of benzene rings is 2. The summed E-state index contributed by atoms with van der Waals surface area (Å²) in [5.41, 5.74) is 3.47. The summed E-state index contributed by atoms with van der Waals surface area (Å²) in [6.45, 7) is 4.81. The van der Waals surface area contributed by atoms with Gasteiger partial charge in [0, 0.05) is 17.3 Å². The predicted molar refractivity (Wildman–Crippen MR) is 87.4 cm³/mol. The van der Waals surface area contributed by atoms with E-state index in [-0.39, 0.29) is 6.61 Å². The highest BCUT2D eigenvalue weighted by atomic mass is 35.5. The van der Waals surface area contributed by atoms with Crippen molar-refractivity contribution in [3.8, 4) is 5.75 Å². The quantitative estimate of drug-likeness (QED) is 0.853. The fraction of sp³-hybridized carbons (Fsp3) is 0.294. The number of ether oxygens (including phenoxy) is 1. The Hall–Kier alpha value is -1.71. The van der Waals surface area contributed by atoms with Crippen molar-refractivity contribution in [3.63, 3.8) is 0 Å². The number of hydrogen-bond donors (Lipinski definition) is 2. The van der Waals surface area contributed by atoms with Crippen LogP contribution >= 0.6 is 11.6 Å². The first-order valence-electron chi connectivity index (χ1n) is 6.93. The van der Waals surface area contributed by atoms with Crippen molar-refractivity contribution in [2.75, 3.05) is 18.5 Å². The van der Waals surface area contributed by atoms with E-state index >= 15 is 0 Å². The molecule has 2 rings (SSSR count). The van der Waals surface area contributed by atoms with E-state index in [2.05, 4.69) is 25.2 Å². The fourth-order valence-corrected chi connectivity index (χ4v) is 2.08. The normalized spacial score (nSPS) is 12.0. The van der Waals surface area contributed by atoms with Crippen LogP contribution in [0.5, 0.6) is 5.75 Å². The van der Waals surface area contributed by atoms with Crippen LogP contribution in [0.3, 0.4) is 0 Å². The van der Waals surface area contributed by atoms with Gasteiger partial charge in [0.05, 0.1) is 0 Å². The van der Waals surface area contributed by atoms with E-state index in [0.717, 1.165) is 5.69 Å². The van der Waals surface area contributed by atoms with Gasteiger partial charge in [0.1, 0.15) is 18.5 Å². The molecular formula is C17H20ClNO2. The lowest BCUT2D eigenvalue weighted by atomic mass is 10.1. The maximum atomic E-state index is 9.97. The van der Waals surface area contributed by atoms with E-state index in [0.29, 0.717) is 17.3 Å². The first kappa shape index (κ1) is 15.7. The largest absolute Gasteiger partial charge is 0.491 e. The molecule has 2 N–H and O–H groups in total. The van der Waals surface area contributed by atoms with Crippen LogP contribution in [0, 0.1) is 13.8 Å². The zero-order valence-corrected chi connectivity index (χ0v) is 13.0. The van der Waals surface area contributed by atoms with Crippen molar-refractivity contribution < 1.29 is 9.84 Å². The predicted octanol–water partition coefficient (Wildman–Crippen LogP) is 3.81. The van der Waals surface area contributed by atoms with Gasteiger partial charge in [-0.25, -0.2) is 0 Å². The second-order valence-corrected chi connectivity index (χ2v) is 5.48. The van der Waals surface area contributed by atoms with Gasteiger partial charge in [-0.05, 0) is 55.3 Å². The standard InChI is InChI=1S/C17H20ClNO2/c1-12-4-3-5-17(13(12)2)19-10-15(20)11-21-16-8-6-14(18)7-9-16/h3-9,15,19-20H,10-11H2,1-2H3. The fourth-order valence-electron chi connectivity index (χ4n) is 1.95. The van der Waals surface area contributed by atoms with Crippen LogP contribution in [0.25, 0.3) is 0 Å². The van der Waals surface area contributed by atoms with Crippen molar-refractivity contribution >= 4 is 17.3 Å². The molecular weight excluding hydrogens is 286 g/mol. The van der Waals surface area contributed by atoms with Crippen molar-refractivity contribution in [1.82, 2.24) is 0 Å². The molecule has 0 saturated carbocycles. The molecule has 0 aliphatic carbocycles. The summed E-state index contributed by atoms with van der Waals surface area (Å²) in [6, 6.07) is 13.2. The molecule has 0 fully saturated rings. The first-order chi connectivity index (χ1) is 10.1. The van der Waals surface area contributed by atoms with Crippen molar-refractivity contribution in [3.05, 3.63) is 58.6 Å². The van der Waals surface area contributed by atoms with E-state index in [1.807, 2.05) is 12.1 Å². The monoisotopic (exact) mass is 305 g/mol. The summed E-state index contributed by atoms with van der Waals surface area (Å²) in [5.74, 6) is 0.699. The molecule has 0 aromatic heterocycles. The number of halogens is 1. The Morgan fingerprint density at radius 3 is 2.57 bits per heavy atom. The summed E-state index contributed by atoms with van der Waals surface area (Å²) in [6.07, 6.45) is -0.583. The van der Waals surface area contributed by atoms with Crippen LogP contribution in [0.2, 0.25) is 5.02 Å². The molecule has 112 valence electrons. The van der Waals surface area contributed by atoms with Crippen LogP contribution in [0.15, 0.2) is 42.5 Å². The van der Waals surface area contributed by atoms with Gasteiger partial charge in [-0.1, -0.05) is 23.7 Å². The van der Waals surface area contributed by atoms with E-state index in [9.17, 15) is 5.11 Å². The van der Waals surface area contributed by atoms with Gasteiger partial charge in [-0.3, -0.25) is 0 Å². The van der Waals surface area contributed by atoms with E-state index in [1.54, 1.807) is 24.3 Å². The Kier molecular flexibility index (Phi) is 5.48. The molecule has 0 amide bonds. The summed E-state index contributed by atoms with van der Waals surface area (Å²) >= 11 is 5.80. The van der Waals surface area contributed by atoms with Gasteiger partial charge in [0.15, 0.2) is 0 Å². The number of nitrogens with one attached hydrogen (secondary N) is 1. The number of hydrogen-bond acceptors (Lipinski definition) is 3. The number of aliphatic hydroxyl groups excluding tert-OH is 1. The molecule has 0 saturated heterocycles. The maximum Gasteiger partial charge on any atom is 0.119 e. The average Bonchev–Trinajstić information content (AvgIpc) is 2.48. The van der Waals surface area contributed by atoms with Gasteiger partial charge in [0.25, 0.3) is 0 Å². The number of aryl methyl sites for hydroxylation is 1. The Bertz CT molecular complexity index is 584. The lowest BCUT2D eigenvalue weighted by Crippen LogP contribution is -2.26. The zero-order chi connectivity index (χ0) is 15.2. The van der Waals surface area contributed by atoms with Gasteiger partial charge in [0.2, 0.25) is 0 Å². The Labute approximate surface area is 130 Å². The van der Waals surface area contributed by atoms with E-state index in [1.165, 1.54) is 11.1 Å². The van der Waals surface area contributed by atoms with Crippen LogP contribution in [0.4, 0.5) is 5.69 Å². The molecule has 2 aromatic rings. The van der Waals surface area contributed by atoms with Crippen molar-refractivity contribution in [2.24, 2.45) is 0 Å². The van der Waals surface area contributed by atoms with Crippen molar-refractivity contribution in [2.45, 2.75) is 20.0 Å². The molecule has 2 aromatic carbocycles. The number of aliphatic hydroxyl groups is 1. The third-order valence-corrected chi connectivity index (χ3v) is 3.64. The van der Waals surface area contributed by atoms with Crippen LogP contribution in [-0.4, -0.2) is 24.4 Å². The topological polar surface area (TPSA) is 41.5 Å². The third kappa shape index (κ3) is 4.66. The Morgan fingerprint density at radius 2 is 1.86 bits per heavy atom. The molecule has 0 aliphatic rings. The zero-order valence-electron chi connectivity index (χ0n) is 12.3. The van der Waals surface area contributed by atoms with Crippen LogP contribution < -0.4 is 10.1 Å². The van der Waals surface area contributed by atoms with Gasteiger partial charge >= 0.3 is 0 Å². The van der Waals surface area contributed by atoms with Crippen LogP contribution in [0.1, 0.15) is 11.1 Å². The number of rotatable bonds is 6. The molecule has 0 bridgehead atoms. The SMILES string of the molecule is Cc1cccc(NCC(O)COc2ccc(Cl)cc2)c1C. The lowest BCUT2D eigenvalue weighted by Gasteiger charge is -2.16. The van der Waals surface area contributed by atoms with Crippen LogP contribution in [-0.2, 0) is 0 Å². The number of anilines is 1. The maximum absolute atomic E-state index is 9.97. The molecule has 1 atom stereocenters. The second kappa shape index (κ2) is 7.34. The molecule has 0 radical (unpaired) electrons. The molecule has 3 nitrogen and oxygen atoms in total. The molecule has 0 aliphatic heterocycles. The lowest BCUT2D eigenvalue weighted by molar-refractivity contribution is 0.117. The molecule has 1 unspecified atom stereocenters. The van der Waals surface area contributed by atoms with E-state index < -0.39 is 6.10 Å². The first-order valence-corrected chi connectivity index (χ1v) is 7.30. The Morgan fingerprint density at radius 1 is 1.14 bits per heavy atom. The second-order valence-electron chi connectivity index (χ2n) is 5.05. The van der Waals surface area contributed by atoms with Gasteiger partial charge in [-0.15, -0.1) is 0 Å². The molecule has 0 spiro atoms. The highest BCUT2D eigenvalue weighted by molar-refractivity contribution is 6.30. The summed E-state index contributed by atoms with van der Waals surface area (Å²) < 4.78 is 5.52. The highest BCUT2D eigenvalue weighted by Gasteiger charge is 2.07. The highest BCUT2D eigenvalue weighted by Crippen LogP contribution is 2.18. The minimum Gasteiger partial charge on any atom is -0.491 e.